The Labute approximate surface area is 368 Å². The lowest BCUT2D eigenvalue weighted by Gasteiger charge is -2.29. The van der Waals surface area contributed by atoms with Crippen LogP contribution in [0.5, 0.6) is 11.5 Å². The van der Waals surface area contributed by atoms with E-state index in [1.54, 1.807) is 58.2 Å². The summed E-state index contributed by atoms with van der Waals surface area (Å²) in [5.74, 6) is -1.91. The van der Waals surface area contributed by atoms with Gasteiger partial charge in [-0.15, -0.1) is 6.58 Å². The quantitative estimate of drug-likeness (QED) is 0.0505. The van der Waals surface area contributed by atoms with Crippen LogP contribution >= 0.6 is 0 Å². The van der Waals surface area contributed by atoms with Gasteiger partial charge in [-0.25, -0.2) is 22.9 Å². The number of fused-ring (bicyclic) bond motifs is 1. The molecule has 4 aromatic rings. The monoisotopic (exact) mass is 883 g/mol. The van der Waals surface area contributed by atoms with Crippen molar-refractivity contribution in [2.75, 3.05) is 25.5 Å². The van der Waals surface area contributed by atoms with E-state index in [9.17, 15) is 27.6 Å². The molecule has 1 saturated heterocycles. The minimum atomic E-state index is -4.43. The Kier molecular flexibility index (Phi) is 14.6. The molecule has 6 rings (SSSR count). The van der Waals surface area contributed by atoms with Gasteiger partial charge in [0.15, 0.2) is 0 Å². The number of para-hydroxylation sites is 1. The van der Waals surface area contributed by atoms with Gasteiger partial charge in [0.05, 0.1) is 30.6 Å². The molecule has 3 aromatic carbocycles. The summed E-state index contributed by atoms with van der Waals surface area (Å²) in [4.78, 5) is 58.9. The second-order valence-electron chi connectivity index (χ2n) is 17.0. The molecule has 0 bridgehead atoms. The number of carbonyl (C=O) groups is 4. The number of anilines is 1. The molecule has 2 aliphatic rings. The maximum atomic E-state index is 14.4. The number of aromatic nitrogens is 1. The third-order valence-electron chi connectivity index (χ3n) is 11.1. The van der Waals surface area contributed by atoms with Gasteiger partial charge in [0.2, 0.25) is 5.91 Å². The number of methoxy groups -OCH3 is 1. The van der Waals surface area contributed by atoms with Crippen LogP contribution < -0.4 is 24.8 Å². The van der Waals surface area contributed by atoms with Crippen molar-refractivity contribution in [2.45, 2.75) is 107 Å². The highest BCUT2D eigenvalue weighted by atomic mass is 32.2. The Morgan fingerprint density at radius 3 is 2.33 bits per heavy atom. The summed E-state index contributed by atoms with van der Waals surface area (Å²) >= 11 is 0. The van der Waals surface area contributed by atoms with Gasteiger partial charge in [-0.3, -0.25) is 19.3 Å². The summed E-state index contributed by atoms with van der Waals surface area (Å²) in [6.07, 6.45) is 5.28. The maximum absolute atomic E-state index is 14.4. The lowest BCUT2D eigenvalue weighted by Crippen LogP contribution is -2.56. The number of nitrogens with zero attached hydrogens (tertiary/aromatic N) is 2. The number of benzene rings is 3. The van der Waals surface area contributed by atoms with Gasteiger partial charge < -0.3 is 30.0 Å². The van der Waals surface area contributed by atoms with Crippen LogP contribution in [0.25, 0.3) is 22.2 Å². The van der Waals surface area contributed by atoms with Gasteiger partial charge in [-0.2, -0.15) is 0 Å². The Morgan fingerprint density at radius 1 is 0.952 bits per heavy atom. The first-order valence-electron chi connectivity index (χ1n) is 21.3. The van der Waals surface area contributed by atoms with E-state index >= 15 is 0 Å². The van der Waals surface area contributed by atoms with Crippen LogP contribution in [0, 0.1) is 5.92 Å². The topological polar surface area (TPSA) is 203 Å². The third-order valence-corrected chi connectivity index (χ3v) is 12.5. The lowest BCUT2D eigenvalue weighted by atomic mass is 10.1. The number of sulfonamides is 1. The SMILES string of the molecule is C=C[C@@H]1C[C@]1(NC(=O)[C@@H]1C[C@@H](Oc2cc(-c3ccccc3)nc3cc(OC)ccc23)CN1C(=O)OC(C)(C)C)C(=O)NS(=O)(=O)c1ccccc1NCCCCCCCCC(=O)O. The van der Waals surface area contributed by atoms with E-state index in [2.05, 4.69) is 21.9 Å². The molecule has 15 nitrogen and oxygen atoms in total. The predicted molar refractivity (Wildman–Crippen MR) is 239 cm³/mol. The number of unbranched alkanes of at least 4 members (excludes halogenated alkanes) is 5. The van der Waals surface area contributed by atoms with Gasteiger partial charge >= 0.3 is 12.1 Å². The average Bonchev–Trinajstić information content (AvgIpc) is 3.80. The van der Waals surface area contributed by atoms with Crippen LogP contribution in [-0.4, -0.2) is 90.8 Å². The summed E-state index contributed by atoms with van der Waals surface area (Å²) in [6, 6.07) is 21.9. The summed E-state index contributed by atoms with van der Waals surface area (Å²) in [5.41, 5.74) is -0.111. The van der Waals surface area contributed by atoms with E-state index in [-0.39, 0.29) is 30.7 Å². The number of likely N-dealkylation sites (tertiary alicyclic amines) is 1. The molecule has 4 atom stereocenters. The molecule has 3 amide bonds. The second-order valence-corrected chi connectivity index (χ2v) is 18.7. The lowest BCUT2D eigenvalue weighted by molar-refractivity contribution is -0.137. The maximum Gasteiger partial charge on any atom is 0.411 e. The van der Waals surface area contributed by atoms with E-state index < -0.39 is 63.1 Å². The van der Waals surface area contributed by atoms with Crippen LogP contribution in [0.2, 0.25) is 0 Å². The molecular formula is C47H57N5O10S. The molecule has 63 heavy (non-hydrogen) atoms. The number of ether oxygens (including phenoxy) is 3. The van der Waals surface area contributed by atoms with Crippen molar-refractivity contribution in [1.82, 2.24) is 19.9 Å². The number of hydrogen-bond acceptors (Lipinski definition) is 11. The van der Waals surface area contributed by atoms with Crippen molar-refractivity contribution < 1.29 is 46.9 Å². The van der Waals surface area contributed by atoms with Crippen LogP contribution in [0.3, 0.4) is 0 Å². The van der Waals surface area contributed by atoms with Gasteiger partial charge in [0, 0.05) is 48.4 Å². The highest BCUT2D eigenvalue weighted by molar-refractivity contribution is 7.90. The molecule has 0 radical (unpaired) electrons. The highest BCUT2D eigenvalue weighted by Crippen LogP contribution is 2.45. The largest absolute Gasteiger partial charge is 0.497 e. The number of rotatable bonds is 20. The number of nitrogens with one attached hydrogen (secondary N) is 3. The van der Waals surface area contributed by atoms with Gasteiger partial charge in [-0.1, -0.05) is 74.2 Å². The molecule has 16 heteroatoms. The first-order valence-corrected chi connectivity index (χ1v) is 22.8. The van der Waals surface area contributed by atoms with E-state index in [0.717, 1.165) is 37.7 Å². The zero-order valence-electron chi connectivity index (χ0n) is 36.2. The van der Waals surface area contributed by atoms with Gasteiger partial charge in [0.25, 0.3) is 15.9 Å². The molecule has 1 saturated carbocycles. The summed E-state index contributed by atoms with van der Waals surface area (Å²) in [7, 11) is -2.86. The molecular weight excluding hydrogens is 827 g/mol. The van der Waals surface area contributed by atoms with Crippen LogP contribution in [0.1, 0.15) is 78.6 Å². The van der Waals surface area contributed by atoms with Crippen molar-refractivity contribution >= 4 is 50.5 Å². The van der Waals surface area contributed by atoms with Gasteiger partial charge in [0.1, 0.15) is 39.7 Å². The normalized spacial score (nSPS) is 19.5. The van der Waals surface area contributed by atoms with E-state index in [1.807, 2.05) is 42.5 Å². The minimum absolute atomic E-state index is 0.0251. The molecule has 2 heterocycles. The molecule has 4 N–H and O–H groups in total. The average molecular weight is 884 g/mol. The summed E-state index contributed by atoms with van der Waals surface area (Å²) in [6.45, 7) is 9.43. The Hall–Kier alpha value is -6.16. The van der Waals surface area contributed by atoms with Gasteiger partial charge in [-0.05, 0) is 64.3 Å². The third kappa shape index (κ3) is 11.7. The number of hydrogen-bond donors (Lipinski definition) is 4. The Morgan fingerprint density at radius 2 is 1.65 bits per heavy atom. The summed E-state index contributed by atoms with van der Waals surface area (Å²) in [5, 5.41) is 15.5. The Bertz CT molecular complexity index is 2420. The van der Waals surface area contributed by atoms with Crippen LogP contribution in [0.15, 0.2) is 96.4 Å². The second kappa shape index (κ2) is 19.9. The van der Waals surface area contributed by atoms with Crippen LogP contribution in [0.4, 0.5) is 10.5 Å². The van der Waals surface area contributed by atoms with Crippen molar-refractivity contribution in [3.05, 3.63) is 91.5 Å². The van der Waals surface area contributed by atoms with Crippen molar-refractivity contribution in [2.24, 2.45) is 5.92 Å². The predicted octanol–water partition coefficient (Wildman–Crippen LogP) is 7.46. The first-order chi connectivity index (χ1) is 30.0. The number of pyridine rings is 1. The highest BCUT2D eigenvalue weighted by Gasteiger charge is 2.61. The van der Waals surface area contributed by atoms with E-state index in [0.29, 0.717) is 46.7 Å². The number of amides is 3. The number of carboxylic acids is 1. The fraction of sp³-hybridized carbons (Fsp3) is 0.426. The molecule has 0 unspecified atom stereocenters. The zero-order valence-corrected chi connectivity index (χ0v) is 37.0. The molecule has 1 aromatic heterocycles. The van der Waals surface area contributed by atoms with E-state index in [4.69, 9.17) is 24.3 Å². The van der Waals surface area contributed by atoms with Crippen LogP contribution in [-0.2, 0) is 29.1 Å². The van der Waals surface area contributed by atoms with Crippen molar-refractivity contribution in [3.8, 4) is 22.8 Å². The number of carbonyl (C=O) groups excluding carboxylic acids is 3. The molecule has 2 fully saturated rings. The molecule has 336 valence electrons. The fourth-order valence-electron chi connectivity index (χ4n) is 7.77. The first kappa shape index (κ1) is 46.3. The van der Waals surface area contributed by atoms with E-state index in [1.165, 1.54) is 17.0 Å². The number of aliphatic carboxylic acids is 1. The molecule has 1 aliphatic carbocycles. The molecule has 0 spiro atoms. The fourth-order valence-corrected chi connectivity index (χ4v) is 9.00. The zero-order chi connectivity index (χ0) is 45.4. The van der Waals surface area contributed by atoms with Crippen molar-refractivity contribution in [3.63, 3.8) is 0 Å². The van der Waals surface area contributed by atoms with Crippen molar-refractivity contribution in [1.29, 1.82) is 0 Å². The minimum Gasteiger partial charge on any atom is -0.497 e. The molecule has 1 aliphatic heterocycles. The Balaban J connectivity index is 1.17. The number of carboxylic acid groups (broad SMARTS) is 1. The smallest absolute Gasteiger partial charge is 0.411 e. The standard InChI is InChI=1S/C47H57N5O10S/c1-6-32-29-47(32,44(56)51-63(58,59)41-21-16-15-20-36(41)48-25-17-10-8-7-9-14-22-42(53)54)50-43(55)39-27-34(30-52(39)45(57)62-46(2,3)4)61-40-28-37(31-18-12-11-13-19-31)49-38-26-33(60-5)23-24-35(38)40/h6,11-13,15-16,18-21,23-24,26,28,32,34,39,48H,1,7-10,14,17,22,25,27,29-30H2,2-5H3,(H,50,55)(H,51,56)(H,53,54)/t32-,34-,39+,47-/m1/s1. The summed E-state index contributed by atoms with van der Waals surface area (Å²) < 4.78 is 47.7.